The molecule has 2 rings (SSSR count). The lowest BCUT2D eigenvalue weighted by atomic mass is 9.88. The van der Waals surface area contributed by atoms with Crippen molar-refractivity contribution in [2.75, 3.05) is 20.8 Å². The fraction of sp³-hybridized carbons (Fsp3) is 0.688. The van der Waals surface area contributed by atoms with E-state index in [1.54, 1.807) is 7.11 Å². The smallest absolute Gasteiger partial charge is 0.142 e. The highest BCUT2D eigenvalue weighted by atomic mass is 16.5. The molecule has 4 heteroatoms. The average molecular weight is 278 g/mol. The van der Waals surface area contributed by atoms with Crippen molar-refractivity contribution in [2.24, 2.45) is 0 Å². The van der Waals surface area contributed by atoms with Gasteiger partial charge in [-0.3, -0.25) is 4.98 Å². The lowest BCUT2D eigenvalue weighted by Crippen LogP contribution is -2.44. The number of ether oxygens (including phenoxy) is 2. The summed E-state index contributed by atoms with van der Waals surface area (Å²) in [6, 6.07) is 3.97. The monoisotopic (exact) mass is 278 g/mol. The van der Waals surface area contributed by atoms with Crippen LogP contribution in [0.1, 0.15) is 50.8 Å². The van der Waals surface area contributed by atoms with E-state index in [9.17, 15) is 0 Å². The first kappa shape index (κ1) is 15.3. The van der Waals surface area contributed by atoms with Crippen molar-refractivity contribution in [1.29, 1.82) is 0 Å². The summed E-state index contributed by atoms with van der Waals surface area (Å²) in [5.74, 6) is 0.837. The van der Waals surface area contributed by atoms with Crippen molar-refractivity contribution in [3.8, 4) is 5.75 Å². The van der Waals surface area contributed by atoms with Crippen LogP contribution in [0, 0.1) is 0 Å². The van der Waals surface area contributed by atoms with E-state index in [0.29, 0.717) is 0 Å². The summed E-state index contributed by atoms with van der Waals surface area (Å²) < 4.78 is 11.5. The van der Waals surface area contributed by atoms with E-state index >= 15 is 0 Å². The zero-order valence-electron chi connectivity index (χ0n) is 12.8. The third-order valence-corrected chi connectivity index (χ3v) is 4.27. The molecular weight excluding hydrogens is 252 g/mol. The van der Waals surface area contributed by atoms with E-state index in [4.69, 9.17) is 9.47 Å². The molecule has 1 heterocycles. The fourth-order valence-corrected chi connectivity index (χ4v) is 3.20. The number of nitrogens with one attached hydrogen (secondary N) is 1. The number of rotatable bonds is 7. The maximum Gasteiger partial charge on any atom is 0.142 e. The molecule has 0 spiro atoms. The van der Waals surface area contributed by atoms with Gasteiger partial charge in [0, 0.05) is 13.3 Å². The van der Waals surface area contributed by atoms with Gasteiger partial charge < -0.3 is 14.8 Å². The van der Waals surface area contributed by atoms with Crippen LogP contribution in [0.5, 0.6) is 5.75 Å². The largest absolute Gasteiger partial charge is 0.495 e. The van der Waals surface area contributed by atoms with Crippen molar-refractivity contribution in [3.63, 3.8) is 0 Å². The molecule has 1 aliphatic rings. The summed E-state index contributed by atoms with van der Waals surface area (Å²) in [6.07, 6.45) is 7.50. The Morgan fingerprint density at radius 1 is 1.35 bits per heavy atom. The maximum absolute atomic E-state index is 5.95. The summed E-state index contributed by atoms with van der Waals surface area (Å²) in [5.41, 5.74) is 0.809. The van der Waals surface area contributed by atoms with Crippen molar-refractivity contribution < 1.29 is 9.47 Å². The van der Waals surface area contributed by atoms with E-state index in [2.05, 4.69) is 17.2 Å². The van der Waals surface area contributed by atoms with Crippen molar-refractivity contribution >= 4 is 0 Å². The zero-order valence-corrected chi connectivity index (χ0v) is 12.8. The summed E-state index contributed by atoms with van der Waals surface area (Å²) in [4.78, 5) is 4.57. The number of nitrogens with zero attached hydrogens (tertiary/aromatic N) is 1. The molecule has 0 radical (unpaired) electrons. The van der Waals surface area contributed by atoms with Crippen molar-refractivity contribution in [2.45, 2.75) is 50.7 Å². The predicted molar refractivity (Wildman–Crippen MR) is 80.0 cm³/mol. The second-order valence-electron chi connectivity index (χ2n) is 5.45. The first-order valence-electron chi connectivity index (χ1n) is 7.55. The second kappa shape index (κ2) is 7.04. The SMILES string of the molecule is CCCNC(c1ncccc1OC)C1(OC)CCCC1. The van der Waals surface area contributed by atoms with Gasteiger partial charge in [0.25, 0.3) is 0 Å². The Bertz CT molecular complexity index is 417. The van der Waals surface area contributed by atoms with Gasteiger partial charge in [-0.05, 0) is 37.9 Å². The lowest BCUT2D eigenvalue weighted by Gasteiger charge is -2.37. The molecule has 1 unspecified atom stereocenters. The van der Waals surface area contributed by atoms with Crippen LogP contribution in [0.25, 0.3) is 0 Å². The van der Waals surface area contributed by atoms with Crippen molar-refractivity contribution in [1.82, 2.24) is 10.3 Å². The van der Waals surface area contributed by atoms with Gasteiger partial charge in [0.2, 0.25) is 0 Å². The standard InChI is InChI=1S/C16H26N2O2/c1-4-11-18-15(16(20-3)9-5-6-10-16)14-13(19-2)8-7-12-17-14/h7-8,12,15,18H,4-6,9-11H2,1-3H3. The molecule has 0 aromatic carbocycles. The van der Waals surface area contributed by atoms with Crippen LogP contribution in [0.15, 0.2) is 18.3 Å². The summed E-state index contributed by atoms with van der Waals surface area (Å²) in [5, 5.41) is 3.63. The third kappa shape index (κ3) is 2.96. The molecule has 0 bridgehead atoms. The highest BCUT2D eigenvalue weighted by molar-refractivity contribution is 5.32. The highest BCUT2D eigenvalue weighted by Crippen LogP contribution is 2.43. The minimum atomic E-state index is -0.156. The van der Waals surface area contributed by atoms with E-state index in [0.717, 1.165) is 37.3 Å². The highest BCUT2D eigenvalue weighted by Gasteiger charge is 2.43. The second-order valence-corrected chi connectivity index (χ2v) is 5.45. The molecule has 0 saturated heterocycles. The average Bonchev–Trinajstić information content (AvgIpc) is 2.98. The van der Waals surface area contributed by atoms with Gasteiger partial charge in [-0.2, -0.15) is 0 Å². The van der Waals surface area contributed by atoms with Crippen LogP contribution in [0.3, 0.4) is 0 Å². The molecule has 1 aliphatic carbocycles. The minimum Gasteiger partial charge on any atom is -0.495 e. The van der Waals surface area contributed by atoms with Crippen molar-refractivity contribution in [3.05, 3.63) is 24.0 Å². The van der Waals surface area contributed by atoms with Gasteiger partial charge >= 0.3 is 0 Å². The predicted octanol–water partition coefficient (Wildman–Crippen LogP) is 3.09. The molecule has 1 N–H and O–H groups in total. The number of aromatic nitrogens is 1. The Hall–Kier alpha value is -1.13. The summed E-state index contributed by atoms with van der Waals surface area (Å²) in [6.45, 7) is 3.13. The summed E-state index contributed by atoms with van der Waals surface area (Å²) in [7, 11) is 3.52. The number of methoxy groups -OCH3 is 2. The van der Waals surface area contributed by atoms with E-state index in [-0.39, 0.29) is 11.6 Å². The zero-order chi connectivity index (χ0) is 14.4. The van der Waals surface area contributed by atoms with Crippen LogP contribution >= 0.6 is 0 Å². The first-order chi connectivity index (χ1) is 9.77. The molecule has 20 heavy (non-hydrogen) atoms. The van der Waals surface area contributed by atoms with Gasteiger partial charge in [-0.15, -0.1) is 0 Å². The van der Waals surface area contributed by atoms with Crippen LogP contribution in [0.4, 0.5) is 0 Å². The quantitative estimate of drug-likeness (QED) is 0.832. The molecular formula is C16H26N2O2. The van der Waals surface area contributed by atoms with E-state index < -0.39 is 0 Å². The van der Waals surface area contributed by atoms with Crippen LogP contribution in [-0.2, 0) is 4.74 Å². The Morgan fingerprint density at radius 2 is 2.10 bits per heavy atom. The van der Waals surface area contributed by atoms with Gasteiger partial charge in [0.1, 0.15) is 11.4 Å². The van der Waals surface area contributed by atoms with Crippen LogP contribution in [0.2, 0.25) is 0 Å². The van der Waals surface area contributed by atoms with Gasteiger partial charge in [0.15, 0.2) is 0 Å². The van der Waals surface area contributed by atoms with Gasteiger partial charge in [-0.25, -0.2) is 0 Å². The molecule has 1 fully saturated rings. The topological polar surface area (TPSA) is 43.4 Å². The molecule has 112 valence electrons. The molecule has 0 aliphatic heterocycles. The third-order valence-electron chi connectivity index (χ3n) is 4.27. The Morgan fingerprint density at radius 3 is 2.70 bits per heavy atom. The maximum atomic E-state index is 5.95. The number of hydrogen-bond donors (Lipinski definition) is 1. The Balaban J connectivity index is 2.35. The normalized spacial score (nSPS) is 18.9. The lowest BCUT2D eigenvalue weighted by molar-refractivity contribution is -0.0384. The number of pyridine rings is 1. The molecule has 1 atom stereocenters. The summed E-state index contributed by atoms with van der Waals surface area (Å²) >= 11 is 0. The Kier molecular flexibility index (Phi) is 5.38. The van der Waals surface area contributed by atoms with Crippen LogP contribution in [-0.4, -0.2) is 31.3 Å². The molecule has 1 aromatic heterocycles. The van der Waals surface area contributed by atoms with Gasteiger partial charge in [0.05, 0.1) is 18.8 Å². The molecule has 1 aromatic rings. The van der Waals surface area contributed by atoms with E-state index in [1.165, 1.54) is 12.8 Å². The van der Waals surface area contributed by atoms with Crippen LogP contribution < -0.4 is 10.1 Å². The first-order valence-corrected chi connectivity index (χ1v) is 7.55. The van der Waals surface area contributed by atoms with Gasteiger partial charge in [-0.1, -0.05) is 19.8 Å². The molecule has 4 nitrogen and oxygen atoms in total. The molecule has 1 saturated carbocycles. The molecule has 0 amide bonds. The Labute approximate surface area is 121 Å². The number of hydrogen-bond acceptors (Lipinski definition) is 4. The van der Waals surface area contributed by atoms with E-state index in [1.807, 2.05) is 25.4 Å². The minimum absolute atomic E-state index is 0.0890. The fourth-order valence-electron chi connectivity index (χ4n) is 3.20.